The Morgan fingerprint density at radius 1 is 1.21 bits per heavy atom. The van der Waals surface area contributed by atoms with E-state index in [1.165, 1.54) is 5.56 Å². The molecule has 1 atom stereocenters. The number of benzene rings is 2. The van der Waals surface area contributed by atoms with Crippen molar-refractivity contribution >= 4 is 22.8 Å². The minimum atomic E-state index is -0.0652. The smallest absolute Gasteiger partial charge is 0.317 e. The van der Waals surface area contributed by atoms with Crippen LogP contribution in [0.25, 0.3) is 11.0 Å². The number of amides is 2. The van der Waals surface area contributed by atoms with E-state index in [2.05, 4.69) is 27.8 Å². The molecular formula is C18H19N5O. The molecule has 0 radical (unpaired) electrons. The number of carbonyl (C=O) groups excluding carboxylic acids is 1. The van der Waals surface area contributed by atoms with Crippen LogP contribution >= 0.6 is 0 Å². The zero-order valence-corrected chi connectivity index (χ0v) is 13.5. The normalized spacial score (nSPS) is 17.4. The first-order valence-electron chi connectivity index (χ1n) is 8.14. The second-order valence-corrected chi connectivity index (χ2v) is 6.11. The van der Waals surface area contributed by atoms with Crippen molar-refractivity contribution < 1.29 is 4.79 Å². The SMILES string of the molecule is Cn1nnc2cc(NC(=O)N3CCCC3c3ccccc3)ccc21. The summed E-state index contributed by atoms with van der Waals surface area (Å²) >= 11 is 0. The number of aryl methyl sites for hydroxylation is 1. The summed E-state index contributed by atoms with van der Waals surface area (Å²) in [6.07, 6.45) is 2.02. The van der Waals surface area contributed by atoms with Gasteiger partial charge >= 0.3 is 6.03 Å². The monoisotopic (exact) mass is 321 g/mol. The number of rotatable bonds is 2. The Morgan fingerprint density at radius 3 is 2.88 bits per heavy atom. The van der Waals surface area contributed by atoms with Crippen LogP contribution in [0.15, 0.2) is 48.5 Å². The first-order chi connectivity index (χ1) is 11.7. The van der Waals surface area contributed by atoms with Crippen molar-refractivity contribution in [2.75, 3.05) is 11.9 Å². The molecule has 1 saturated heterocycles. The Kier molecular flexibility index (Phi) is 3.65. The molecule has 2 aromatic carbocycles. The highest BCUT2D eigenvalue weighted by Gasteiger charge is 2.29. The lowest BCUT2D eigenvalue weighted by Crippen LogP contribution is -2.34. The first kappa shape index (κ1) is 14.7. The average molecular weight is 321 g/mol. The molecule has 4 rings (SSSR count). The predicted molar refractivity (Wildman–Crippen MR) is 92.7 cm³/mol. The van der Waals surface area contributed by atoms with Crippen LogP contribution in [0.2, 0.25) is 0 Å². The molecule has 1 unspecified atom stereocenters. The molecule has 1 aromatic heterocycles. The second kappa shape index (κ2) is 5.96. The number of hydrogen-bond acceptors (Lipinski definition) is 3. The van der Waals surface area contributed by atoms with Crippen LogP contribution in [0.1, 0.15) is 24.4 Å². The lowest BCUT2D eigenvalue weighted by molar-refractivity contribution is 0.207. The molecule has 1 fully saturated rings. The third-order valence-electron chi connectivity index (χ3n) is 4.56. The number of carbonyl (C=O) groups is 1. The maximum absolute atomic E-state index is 12.7. The summed E-state index contributed by atoms with van der Waals surface area (Å²) in [7, 11) is 1.85. The summed E-state index contributed by atoms with van der Waals surface area (Å²) < 4.78 is 1.72. The Balaban J connectivity index is 1.54. The predicted octanol–water partition coefficient (Wildman–Crippen LogP) is 3.34. The topological polar surface area (TPSA) is 63.1 Å². The van der Waals surface area contributed by atoms with Crippen LogP contribution in [-0.4, -0.2) is 32.5 Å². The van der Waals surface area contributed by atoms with Gasteiger partial charge in [0, 0.05) is 19.3 Å². The summed E-state index contributed by atoms with van der Waals surface area (Å²) in [4.78, 5) is 14.6. The van der Waals surface area contributed by atoms with Crippen molar-refractivity contribution in [3.8, 4) is 0 Å². The van der Waals surface area contributed by atoms with E-state index in [4.69, 9.17) is 0 Å². The summed E-state index contributed by atoms with van der Waals surface area (Å²) in [6.45, 7) is 0.777. The van der Waals surface area contributed by atoms with Gasteiger partial charge in [-0.1, -0.05) is 35.5 Å². The van der Waals surface area contributed by atoms with Crippen LogP contribution in [0.3, 0.4) is 0 Å². The number of nitrogens with one attached hydrogen (secondary N) is 1. The van der Waals surface area contributed by atoms with Crippen molar-refractivity contribution in [3.63, 3.8) is 0 Å². The Hall–Kier alpha value is -2.89. The number of anilines is 1. The number of hydrogen-bond donors (Lipinski definition) is 1. The average Bonchev–Trinajstić information content (AvgIpc) is 3.23. The number of nitrogens with zero attached hydrogens (tertiary/aromatic N) is 4. The van der Waals surface area contributed by atoms with Crippen molar-refractivity contribution in [2.45, 2.75) is 18.9 Å². The minimum absolute atomic E-state index is 0.0652. The van der Waals surface area contributed by atoms with Gasteiger partial charge in [0.1, 0.15) is 5.52 Å². The molecule has 0 bridgehead atoms. The molecule has 0 aliphatic carbocycles. The van der Waals surface area contributed by atoms with Gasteiger partial charge in [0.2, 0.25) is 0 Å². The number of aromatic nitrogens is 3. The molecule has 2 heterocycles. The number of urea groups is 1. The van der Waals surface area contributed by atoms with Gasteiger partial charge in [0.25, 0.3) is 0 Å². The van der Waals surface area contributed by atoms with E-state index in [0.717, 1.165) is 36.1 Å². The Labute approximate surface area is 140 Å². The fourth-order valence-electron chi connectivity index (χ4n) is 3.35. The number of likely N-dealkylation sites (tertiary alicyclic amines) is 1. The van der Waals surface area contributed by atoms with Crippen LogP contribution in [-0.2, 0) is 7.05 Å². The van der Waals surface area contributed by atoms with Gasteiger partial charge < -0.3 is 10.2 Å². The molecule has 24 heavy (non-hydrogen) atoms. The van der Waals surface area contributed by atoms with E-state index < -0.39 is 0 Å². The van der Waals surface area contributed by atoms with Gasteiger partial charge in [-0.3, -0.25) is 0 Å². The zero-order chi connectivity index (χ0) is 16.5. The summed E-state index contributed by atoms with van der Waals surface area (Å²) in [6, 6.07) is 15.9. The Morgan fingerprint density at radius 2 is 2.04 bits per heavy atom. The molecule has 3 aromatic rings. The van der Waals surface area contributed by atoms with Gasteiger partial charge in [0.15, 0.2) is 0 Å². The second-order valence-electron chi connectivity index (χ2n) is 6.11. The molecule has 6 nitrogen and oxygen atoms in total. The molecule has 0 saturated carbocycles. The van der Waals surface area contributed by atoms with Crippen molar-refractivity contribution in [1.29, 1.82) is 0 Å². The molecule has 1 aliphatic rings. The van der Waals surface area contributed by atoms with E-state index in [-0.39, 0.29) is 12.1 Å². The van der Waals surface area contributed by atoms with Crippen LogP contribution in [0, 0.1) is 0 Å². The molecule has 0 spiro atoms. The zero-order valence-electron chi connectivity index (χ0n) is 13.5. The summed E-state index contributed by atoms with van der Waals surface area (Å²) in [5.41, 5.74) is 3.65. The van der Waals surface area contributed by atoms with E-state index >= 15 is 0 Å². The van der Waals surface area contributed by atoms with Gasteiger partial charge in [-0.15, -0.1) is 5.10 Å². The molecule has 1 aliphatic heterocycles. The fraction of sp³-hybridized carbons (Fsp3) is 0.278. The lowest BCUT2D eigenvalue weighted by atomic mass is 10.1. The van der Waals surface area contributed by atoms with Crippen LogP contribution in [0.4, 0.5) is 10.5 Å². The minimum Gasteiger partial charge on any atom is -0.317 e. The van der Waals surface area contributed by atoms with Crippen LogP contribution in [0.5, 0.6) is 0 Å². The molecule has 122 valence electrons. The van der Waals surface area contributed by atoms with Crippen molar-refractivity contribution in [3.05, 3.63) is 54.1 Å². The Bertz CT molecular complexity index is 874. The largest absolute Gasteiger partial charge is 0.322 e. The molecular weight excluding hydrogens is 302 g/mol. The maximum atomic E-state index is 12.7. The van der Waals surface area contributed by atoms with E-state index in [9.17, 15) is 4.79 Å². The van der Waals surface area contributed by atoms with Gasteiger partial charge in [-0.2, -0.15) is 0 Å². The number of fused-ring (bicyclic) bond motifs is 1. The van der Waals surface area contributed by atoms with E-state index in [0.29, 0.717) is 0 Å². The third-order valence-corrected chi connectivity index (χ3v) is 4.56. The van der Waals surface area contributed by atoms with Crippen molar-refractivity contribution in [2.24, 2.45) is 7.05 Å². The maximum Gasteiger partial charge on any atom is 0.322 e. The van der Waals surface area contributed by atoms with E-state index in [1.54, 1.807) is 4.68 Å². The molecule has 6 heteroatoms. The standard InChI is InChI=1S/C18H19N5O/c1-22-17-10-9-14(12-15(17)20-21-22)19-18(24)23-11-5-8-16(23)13-6-3-2-4-7-13/h2-4,6-7,9-10,12,16H,5,8,11H2,1H3,(H,19,24). The first-order valence-corrected chi connectivity index (χ1v) is 8.14. The van der Waals surface area contributed by atoms with Crippen LogP contribution < -0.4 is 5.32 Å². The van der Waals surface area contributed by atoms with Gasteiger partial charge in [0.05, 0.1) is 11.6 Å². The highest BCUT2D eigenvalue weighted by Crippen LogP contribution is 2.32. The fourth-order valence-corrected chi connectivity index (χ4v) is 3.35. The third kappa shape index (κ3) is 2.60. The molecule has 1 N–H and O–H groups in total. The summed E-state index contributed by atoms with van der Waals surface area (Å²) in [5.74, 6) is 0. The molecule has 2 amide bonds. The van der Waals surface area contributed by atoms with Crippen molar-refractivity contribution in [1.82, 2.24) is 19.9 Å². The summed E-state index contributed by atoms with van der Waals surface area (Å²) in [5, 5.41) is 11.1. The van der Waals surface area contributed by atoms with E-state index in [1.807, 2.05) is 48.3 Å². The lowest BCUT2D eigenvalue weighted by Gasteiger charge is -2.25. The van der Waals surface area contributed by atoms with Gasteiger partial charge in [-0.25, -0.2) is 9.48 Å². The van der Waals surface area contributed by atoms with Gasteiger partial charge in [-0.05, 0) is 36.6 Å². The highest BCUT2D eigenvalue weighted by molar-refractivity contribution is 5.92. The quantitative estimate of drug-likeness (QED) is 0.787. The highest BCUT2D eigenvalue weighted by atomic mass is 16.2.